The Morgan fingerprint density at radius 3 is 2.62 bits per heavy atom. The summed E-state index contributed by atoms with van der Waals surface area (Å²) in [6.45, 7) is 0.629. The van der Waals surface area contributed by atoms with Gasteiger partial charge in [-0.05, 0) is 29.8 Å². The van der Waals surface area contributed by atoms with Crippen molar-refractivity contribution in [3.63, 3.8) is 0 Å². The SMILES string of the molecule is O=C(O)c1ccc(Cn2ccnc2-c2cccnc2)cc1. The monoisotopic (exact) mass is 279 g/mol. The number of imidazole rings is 1. The molecule has 1 N–H and O–H groups in total. The highest BCUT2D eigenvalue weighted by Crippen LogP contribution is 2.17. The molecule has 3 rings (SSSR count). The highest BCUT2D eigenvalue weighted by atomic mass is 16.4. The second-order valence-electron chi connectivity index (χ2n) is 4.62. The van der Waals surface area contributed by atoms with Crippen molar-refractivity contribution >= 4 is 5.97 Å². The van der Waals surface area contributed by atoms with Crippen LogP contribution in [-0.4, -0.2) is 25.6 Å². The summed E-state index contributed by atoms with van der Waals surface area (Å²) in [5.74, 6) is -0.0781. The zero-order valence-corrected chi connectivity index (χ0v) is 11.2. The van der Waals surface area contributed by atoms with E-state index in [1.165, 1.54) is 0 Å². The molecule has 0 fully saturated rings. The lowest BCUT2D eigenvalue weighted by atomic mass is 10.1. The minimum Gasteiger partial charge on any atom is -0.478 e. The Morgan fingerprint density at radius 1 is 1.14 bits per heavy atom. The average Bonchev–Trinajstić information content (AvgIpc) is 2.97. The summed E-state index contributed by atoms with van der Waals surface area (Å²) in [7, 11) is 0. The van der Waals surface area contributed by atoms with Gasteiger partial charge in [0.1, 0.15) is 5.82 Å². The van der Waals surface area contributed by atoms with Crippen molar-refractivity contribution in [2.75, 3.05) is 0 Å². The van der Waals surface area contributed by atoms with Gasteiger partial charge < -0.3 is 9.67 Å². The summed E-state index contributed by atoms with van der Waals surface area (Å²) < 4.78 is 2.01. The number of aromatic nitrogens is 3. The van der Waals surface area contributed by atoms with Crippen LogP contribution in [0.2, 0.25) is 0 Å². The molecule has 21 heavy (non-hydrogen) atoms. The molecule has 2 aromatic heterocycles. The zero-order valence-electron chi connectivity index (χ0n) is 11.2. The number of carboxylic acid groups (broad SMARTS) is 1. The maximum absolute atomic E-state index is 10.8. The van der Waals surface area contributed by atoms with Gasteiger partial charge in [-0.2, -0.15) is 0 Å². The Bertz CT molecular complexity index is 749. The fourth-order valence-electron chi connectivity index (χ4n) is 2.14. The molecule has 1 aromatic carbocycles. The van der Waals surface area contributed by atoms with E-state index in [0.29, 0.717) is 6.54 Å². The summed E-state index contributed by atoms with van der Waals surface area (Å²) in [4.78, 5) is 19.3. The maximum Gasteiger partial charge on any atom is 0.335 e. The molecule has 104 valence electrons. The van der Waals surface area contributed by atoms with Crippen molar-refractivity contribution in [2.24, 2.45) is 0 Å². The lowest BCUT2D eigenvalue weighted by molar-refractivity contribution is 0.0697. The Hall–Kier alpha value is -2.95. The first-order valence-corrected chi connectivity index (χ1v) is 6.48. The van der Waals surface area contributed by atoms with Crippen molar-refractivity contribution < 1.29 is 9.90 Å². The largest absolute Gasteiger partial charge is 0.478 e. The number of hydrogen-bond acceptors (Lipinski definition) is 3. The van der Waals surface area contributed by atoms with Gasteiger partial charge in [-0.1, -0.05) is 12.1 Å². The van der Waals surface area contributed by atoms with E-state index in [1.54, 1.807) is 30.7 Å². The van der Waals surface area contributed by atoms with Crippen LogP contribution >= 0.6 is 0 Å². The lowest BCUT2D eigenvalue weighted by Crippen LogP contribution is -2.02. The van der Waals surface area contributed by atoms with Crippen molar-refractivity contribution in [1.29, 1.82) is 0 Å². The fourth-order valence-corrected chi connectivity index (χ4v) is 2.14. The van der Waals surface area contributed by atoms with Crippen LogP contribution in [-0.2, 0) is 6.54 Å². The molecule has 0 unspecified atom stereocenters. The minimum absolute atomic E-state index is 0.289. The summed E-state index contributed by atoms with van der Waals surface area (Å²) in [6, 6.07) is 10.7. The van der Waals surface area contributed by atoms with E-state index >= 15 is 0 Å². The second kappa shape index (κ2) is 5.58. The Morgan fingerprint density at radius 2 is 1.95 bits per heavy atom. The van der Waals surface area contributed by atoms with E-state index in [2.05, 4.69) is 9.97 Å². The smallest absolute Gasteiger partial charge is 0.335 e. The second-order valence-corrected chi connectivity index (χ2v) is 4.62. The van der Waals surface area contributed by atoms with E-state index < -0.39 is 5.97 Å². The number of aromatic carboxylic acids is 1. The molecule has 3 aromatic rings. The van der Waals surface area contributed by atoms with Crippen LogP contribution in [0.15, 0.2) is 61.2 Å². The van der Waals surface area contributed by atoms with Gasteiger partial charge in [0.2, 0.25) is 0 Å². The number of nitrogens with zero attached hydrogens (tertiary/aromatic N) is 3. The third-order valence-electron chi connectivity index (χ3n) is 3.19. The van der Waals surface area contributed by atoms with E-state index in [4.69, 9.17) is 5.11 Å². The molecule has 0 amide bonds. The summed E-state index contributed by atoms with van der Waals surface area (Å²) in [5.41, 5.74) is 2.25. The normalized spacial score (nSPS) is 10.5. The first-order chi connectivity index (χ1) is 10.2. The molecule has 0 saturated carbocycles. The van der Waals surface area contributed by atoms with Crippen LogP contribution in [0.1, 0.15) is 15.9 Å². The quantitative estimate of drug-likeness (QED) is 0.797. The molecule has 5 heteroatoms. The van der Waals surface area contributed by atoms with Crippen molar-refractivity contribution in [3.05, 3.63) is 72.3 Å². The topological polar surface area (TPSA) is 68.0 Å². The van der Waals surface area contributed by atoms with Crippen LogP contribution in [0, 0.1) is 0 Å². The summed E-state index contributed by atoms with van der Waals surface area (Å²) >= 11 is 0. The van der Waals surface area contributed by atoms with Gasteiger partial charge in [0.05, 0.1) is 5.56 Å². The van der Waals surface area contributed by atoms with Crippen molar-refractivity contribution in [3.8, 4) is 11.4 Å². The van der Waals surface area contributed by atoms with Crippen LogP contribution in [0.4, 0.5) is 0 Å². The molecule has 0 spiro atoms. The van der Waals surface area contributed by atoms with Gasteiger partial charge >= 0.3 is 5.97 Å². The molecule has 2 heterocycles. The third kappa shape index (κ3) is 2.81. The van der Waals surface area contributed by atoms with E-state index in [0.717, 1.165) is 17.0 Å². The van der Waals surface area contributed by atoms with Crippen LogP contribution < -0.4 is 0 Å². The number of rotatable bonds is 4. The number of benzene rings is 1. The van der Waals surface area contributed by atoms with Gasteiger partial charge in [-0.25, -0.2) is 9.78 Å². The Labute approximate surface area is 121 Å². The predicted octanol–water partition coefficient (Wildman–Crippen LogP) is 2.69. The standard InChI is InChI=1S/C16H13N3O2/c20-16(21)13-5-3-12(4-6-13)11-19-9-8-18-15(19)14-2-1-7-17-10-14/h1-10H,11H2,(H,20,21). The molecular weight excluding hydrogens is 266 g/mol. The zero-order chi connectivity index (χ0) is 14.7. The molecule has 5 nitrogen and oxygen atoms in total. The highest BCUT2D eigenvalue weighted by Gasteiger charge is 2.07. The first-order valence-electron chi connectivity index (χ1n) is 6.48. The van der Waals surface area contributed by atoms with Gasteiger partial charge in [0.25, 0.3) is 0 Å². The first kappa shape index (κ1) is 13.1. The number of pyridine rings is 1. The third-order valence-corrected chi connectivity index (χ3v) is 3.19. The summed E-state index contributed by atoms with van der Waals surface area (Å²) in [6.07, 6.45) is 7.13. The molecule has 0 atom stereocenters. The molecule has 0 saturated heterocycles. The van der Waals surface area contributed by atoms with E-state index in [-0.39, 0.29) is 5.56 Å². The van der Waals surface area contributed by atoms with Gasteiger partial charge in [-0.3, -0.25) is 4.98 Å². The molecule has 0 bridgehead atoms. The molecule has 0 aliphatic carbocycles. The van der Waals surface area contributed by atoms with Crippen molar-refractivity contribution in [2.45, 2.75) is 6.54 Å². The fraction of sp³-hybridized carbons (Fsp3) is 0.0625. The van der Waals surface area contributed by atoms with Crippen LogP contribution in [0.5, 0.6) is 0 Å². The van der Waals surface area contributed by atoms with Gasteiger partial charge in [0.15, 0.2) is 0 Å². The Balaban J connectivity index is 1.86. The number of hydrogen-bond donors (Lipinski definition) is 1. The predicted molar refractivity (Wildman–Crippen MR) is 78.0 cm³/mol. The van der Waals surface area contributed by atoms with E-state index in [1.807, 2.05) is 35.0 Å². The number of carbonyl (C=O) groups is 1. The van der Waals surface area contributed by atoms with Gasteiger partial charge in [-0.15, -0.1) is 0 Å². The highest BCUT2D eigenvalue weighted by molar-refractivity contribution is 5.87. The molecule has 0 aliphatic rings. The van der Waals surface area contributed by atoms with E-state index in [9.17, 15) is 4.79 Å². The molecule has 0 aliphatic heterocycles. The molecule has 0 radical (unpaired) electrons. The minimum atomic E-state index is -0.916. The summed E-state index contributed by atoms with van der Waals surface area (Å²) in [5, 5.41) is 8.90. The van der Waals surface area contributed by atoms with Crippen LogP contribution in [0.3, 0.4) is 0 Å². The maximum atomic E-state index is 10.8. The Kier molecular flexibility index (Phi) is 3.47. The average molecular weight is 279 g/mol. The lowest BCUT2D eigenvalue weighted by Gasteiger charge is -2.08. The molecular formula is C16H13N3O2. The number of carboxylic acids is 1. The van der Waals surface area contributed by atoms with Gasteiger partial charge in [0, 0.05) is 36.9 Å². The van der Waals surface area contributed by atoms with Crippen molar-refractivity contribution in [1.82, 2.24) is 14.5 Å². The van der Waals surface area contributed by atoms with Crippen LogP contribution in [0.25, 0.3) is 11.4 Å².